The molecule has 0 unspecified atom stereocenters. The molecule has 0 radical (unpaired) electrons. The molecule has 0 saturated carbocycles. The first kappa shape index (κ1) is 19.4. The Hall–Kier alpha value is -2.96. The van der Waals surface area contributed by atoms with Gasteiger partial charge in [0.05, 0.1) is 10.6 Å². The summed E-state index contributed by atoms with van der Waals surface area (Å²) >= 11 is 6.01. The molecule has 0 aliphatic carbocycles. The minimum Gasteiger partial charge on any atom is -0.299 e. The highest BCUT2D eigenvalue weighted by atomic mass is 35.5. The monoisotopic (exact) mass is 426 g/mol. The van der Waals surface area contributed by atoms with Crippen molar-refractivity contribution in [3.63, 3.8) is 0 Å². The number of hydrogen-bond acceptors (Lipinski definition) is 3. The lowest BCUT2D eigenvalue weighted by atomic mass is 10.2. The van der Waals surface area contributed by atoms with Crippen molar-refractivity contribution in [3.8, 4) is 28.3 Å². The fourth-order valence-electron chi connectivity index (χ4n) is 3.02. The first-order chi connectivity index (χ1) is 13.8. The Kier molecular flexibility index (Phi) is 4.98. The van der Waals surface area contributed by atoms with Crippen molar-refractivity contribution in [3.05, 3.63) is 89.8 Å². The zero-order valence-corrected chi connectivity index (χ0v) is 17.0. The lowest BCUT2D eigenvalue weighted by Gasteiger charge is -2.09. The molecule has 0 amide bonds. The lowest BCUT2D eigenvalue weighted by Crippen LogP contribution is -1.99. The predicted molar refractivity (Wildman–Crippen MR) is 113 cm³/mol. The van der Waals surface area contributed by atoms with E-state index in [1.807, 2.05) is 16.7 Å². The maximum absolute atomic E-state index is 13.7. The van der Waals surface area contributed by atoms with E-state index >= 15 is 0 Å². The highest BCUT2D eigenvalue weighted by molar-refractivity contribution is 7.90. The average molecular weight is 427 g/mol. The van der Waals surface area contributed by atoms with Gasteiger partial charge in [0.15, 0.2) is 9.84 Å². The van der Waals surface area contributed by atoms with E-state index in [0.29, 0.717) is 22.1 Å². The summed E-state index contributed by atoms with van der Waals surface area (Å²) in [6.07, 6.45) is 2.97. The summed E-state index contributed by atoms with van der Waals surface area (Å²) in [7, 11) is -3.29. The first-order valence-corrected chi connectivity index (χ1v) is 11.0. The Labute approximate surface area is 173 Å². The van der Waals surface area contributed by atoms with Crippen LogP contribution >= 0.6 is 11.6 Å². The topological polar surface area (TPSA) is 52.0 Å². The van der Waals surface area contributed by atoms with Gasteiger partial charge >= 0.3 is 0 Å². The summed E-state index contributed by atoms with van der Waals surface area (Å²) < 4.78 is 39.1. The number of imidazole rings is 1. The van der Waals surface area contributed by atoms with Crippen LogP contribution in [-0.4, -0.2) is 24.2 Å². The number of hydrogen-bond donors (Lipinski definition) is 0. The van der Waals surface area contributed by atoms with E-state index in [0.717, 1.165) is 11.3 Å². The van der Waals surface area contributed by atoms with E-state index in [4.69, 9.17) is 16.6 Å². The van der Waals surface area contributed by atoms with Crippen molar-refractivity contribution in [2.24, 2.45) is 0 Å². The fraction of sp³-hybridized carbons (Fsp3) is 0.0455. The SMILES string of the molecule is CS(=O)(=O)c1ccc(-n2cc(-c3cccc(F)c3)nc2-c2ccc(Cl)cc2)cc1. The molecule has 0 aliphatic heterocycles. The van der Waals surface area contributed by atoms with Crippen LogP contribution in [0.3, 0.4) is 0 Å². The van der Waals surface area contributed by atoms with E-state index in [-0.39, 0.29) is 10.7 Å². The molecule has 0 bridgehead atoms. The summed E-state index contributed by atoms with van der Waals surface area (Å²) in [5.74, 6) is 0.288. The van der Waals surface area contributed by atoms with Gasteiger partial charge in [0, 0.05) is 34.3 Å². The van der Waals surface area contributed by atoms with Crippen LogP contribution in [0, 0.1) is 5.82 Å². The van der Waals surface area contributed by atoms with Gasteiger partial charge in [-0.05, 0) is 60.7 Å². The molecule has 7 heteroatoms. The smallest absolute Gasteiger partial charge is 0.175 e. The summed E-state index contributed by atoms with van der Waals surface area (Å²) in [4.78, 5) is 4.94. The Morgan fingerprint density at radius 1 is 0.931 bits per heavy atom. The van der Waals surface area contributed by atoms with Gasteiger partial charge in [0.1, 0.15) is 11.6 Å². The van der Waals surface area contributed by atoms with Crippen molar-refractivity contribution < 1.29 is 12.8 Å². The Morgan fingerprint density at radius 3 is 2.24 bits per heavy atom. The first-order valence-electron chi connectivity index (χ1n) is 8.73. The highest BCUT2D eigenvalue weighted by Crippen LogP contribution is 2.29. The summed E-state index contributed by atoms with van der Waals surface area (Å²) in [5.41, 5.74) is 2.80. The van der Waals surface area contributed by atoms with Crippen molar-refractivity contribution in [1.82, 2.24) is 9.55 Å². The van der Waals surface area contributed by atoms with Crippen LogP contribution < -0.4 is 0 Å². The van der Waals surface area contributed by atoms with Crippen LogP contribution in [0.25, 0.3) is 28.3 Å². The molecule has 0 fully saturated rings. The molecule has 29 heavy (non-hydrogen) atoms. The quantitative estimate of drug-likeness (QED) is 0.439. The number of benzene rings is 3. The number of rotatable bonds is 4. The molecule has 0 saturated heterocycles. The van der Waals surface area contributed by atoms with Gasteiger partial charge in [0.25, 0.3) is 0 Å². The van der Waals surface area contributed by atoms with Crippen molar-refractivity contribution >= 4 is 21.4 Å². The largest absolute Gasteiger partial charge is 0.299 e. The molecule has 146 valence electrons. The average Bonchev–Trinajstić information content (AvgIpc) is 3.13. The Bertz CT molecular complexity index is 1280. The number of halogens is 2. The van der Waals surface area contributed by atoms with Crippen LogP contribution in [0.4, 0.5) is 4.39 Å². The lowest BCUT2D eigenvalue weighted by molar-refractivity contribution is 0.602. The zero-order chi connectivity index (χ0) is 20.6. The second-order valence-corrected chi connectivity index (χ2v) is 9.06. The van der Waals surface area contributed by atoms with Crippen LogP contribution in [0.15, 0.2) is 83.9 Å². The molecule has 1 aromatic heterocycles. The molecule has 4 nitrogen and oxygen atoms in total. The Morgan fingerprint density at radius 2 is 1.62 bits per heavy atom. The molecule has 0 spiro atoms. The van der Waals surface area contributed by atoms with Gasteiger partial charge < -0.3 is 0 Å². The summed E-state index contributed by atoms with van der Waals surface area (Å²) in [6, 6.07) is 20.0. The van der Waals surface area contributed by atoms with Crippen molar-refractivity contribution in [2.45, 2.75) is 4.90 Å². The second-order valence-electron chi connectivity index (χ2n) is 6.60. The van der Waals surface area contributed by atoms with E-state index in [2.05, 4.69) is 0 Å². The molecule has 0 aliphatic rings. The van der Waals surface area contributed by atoms with Crippen LogP contribution in [0.1, 0.15) is 0 Å². The van der Waals surface area contributed by atoms with Gasteiger partial charge in [-0.15, -0.1) is 0 Å². The maximum Gasteiger partial charge on any atom is 0.175 e. The molecule has 0 atom stereocenters. The normalized spacial score (nSPS) is 11.6. The van der Waals surface area contributed by atoms with Gasteiger partial charge in [-0.1, -0.05) is 23.7 Å². The van der Waals surface area contributed by atoms with Crippen LogP contribution in [0.5, 0.6) is 0 Å². The van der Waals surface area contributed by atoms with Crippen molar-refractivity contribution in [1.29, 1.82) is 0 Å². The standard InChI is InChI=1S/C22H16ClFN2O2S/c1-29(27,28)20-11-9-19(10-12-20)26-14-21(16-3-2-4-18(24)13-16)25-22(26)15-5-7-17(23)8-6-15/h2-14H,1H3. The molecule has 4 aromatic rings. The van der Waals surface area contributed by atoms with E-state index < -0.39 is 9.84 Å². The van der Waals surface area contributed by atoms with Crippen LogP contribution in [0.2, 0.25) is 5.02 Å². The summed E-state index contributed by atoms with van der Waals surface area (Å²) in [5, 5.41) is 0.606. The molecule has 4 rings (SSSR count). The van der Waals surface area contributed by atoms with Gasteiger partial charge in [-0.3, -0.25) is 4.57 Å². The zero-order valence-electron chi connectivity index (χ0n) is 15.4. The highest BCUT2D eigenvalue weighted by Gasteiger charge is 2.15. The third-order valence-corrected chi connectivity index (χ3v) is 5.85. The number of aromatic nitrogens is 2. The summed E-state index contributed by atoms with van der Waals surface area (Å²) in [6.45, 7) is 0. The molecule has 3 aromatic carbocycles. The third kappa shape index (κ3) is 4.09. The second kappa shape index (κ2) is 7.46. The van der Waals surface area contributed by atoms with Gasteiger partial charge in [-0.2, -0.15) is 0 Å². The van der Waals surface area contributed by atoms with E-state index in [1.165, 1.54) is 18.4 Å². The van der Waals surface area contributed by atoms with Crippen LogP contribution in [-0.2, 0) is 9.84 Å². The minimum absolute atomic E-state index is 0.236. The van der Waals surface area contributed by atoms with E-state index in [1.54, 1.807) is 54.7 Å². The molecular formula is C22H16ClFN2O2S. The Balaban J connectivity index is 1.88. The number of sulfone groups is 1. The van der Waals surface area contributed by atoms with E-state index in [9.17, 15) is 12.8 Å². The fourth-order valence-corrected chi connectivity index (χ4v) is 3.78. The van der Waals surface area contributed by atoms with Gasteiger partial charge in [-0.25, -0.2) is 17.8 Å². The predicted octanol–water partition coefficient (Wildman–Crippen LogP) is 5.40. The molecule has 1 heterocycles. The minimum atomic E-state index is -3.29. The molecule has 0 N–H and O–H groups in total. The third-order valence-electron chi connectivity index (χ3n) is 4.47. The molecular weight excluding hydrogens is 411 g/mol. The number of nitrogens with zero attached hydrogens (tertiary/aromatic N) is 2. The van der Waals surface area contributed by atoms with Crippen molar-refractivity contribution in [2.75, 3.05) is 6.26 Å². The maximum atomic E-state index is 13.7. The van der Waals surface area contributed by atoms with Gasteiger partial charge in [0.2, 0.25) is 0 Å².